The van der Waals surface area contributed by atoms with Crippen molar-refractivity contribution < 1.29 is 14.3 Å². The summed E-state index contributed by atoms with van der Waals surface area (Å²) in [5, 5.41) is 5.97. The van der Waals surface area contributed by atoms with Crippen LogP contribution in [0.3, 0.4) is 0 Å². The van der Waals surface area contributed by atoms with Gasteiger partial charge in [-0.2, -0.15) is 0 Å². The number of piperidine rings is 1. The Morgan fingerprint density at radius 1 is 1.60 bits per heavy atom. The largest absolute Gasteiger partial charge is 0.468 e. The lowest BCUT2D eigenvalue weighted by molar-refractivity contribution is -0.154. The Hall–Kier alpha value is -0.810. The molecule has 2 N–H and O–H groups in total. The Bertz CT molecular complexity index is 285. The zero-order valence-electron chi connectivity index (χ0n) is 8.54. The minimum absolute atomic E-state index is 0. The van der Waals surface area contributed by atoms with Crippen LogP contribution < -0.4 is 10.6 Å². The molecule has 5 nitrogen and oxygen atoms in total. The van der Waals surface area contributed by atoms with E-state index in [1.807, 2.05) is 0 Å². The quantitative estimate of drug-likeness (QED) is 0.598. The van der Waals surface area contributed by atoms with Crippen LogP contribution in [0.2, 0.25) is 0 Å². The molecular weight excluding hydrogens is 220 g/mol. The average Bonchev–Trinajstić information content (AvgIpc) is 2.53. The molecule has 0 spiro atoms. The van der Waals surface area contributed by atoms with E-state index in [0.29, 0.717) is 6.54 Å². The molecule has 6 heteroatoms. The van der Waals surface area contributed by atoms with E-state index in [9.17, 15) is 9.59 Å². The van der Waals surface area contributed by atoms with E-state index in [1.165, 1.54) is 7.11 Å². The van der Waals surface area contributed by atoms with Crippen LogP contribution in [0.1, 0.15) is 12.8 Å². The molecular formula is C9H15ClN2O3. The SMILES string of the molecule is COC(=O)[C@]12CNCC[C@H]1NC(=O)C2.Cl. The van der Waals surface area contributed by atoms with Gasteiger partial charge in [0.2, 0.25) is 5.91 Å². The van der Waals surface area contributed by atoms with Crippen molar-refractivity contribution in [2.45, 2.75) is 18.9 Å². The number of fused-ring (bicyclic) bond motifs is 1. The van der Waals surface area contributed by atoms with Gasteiger partial charge in [0.15, 0.2) is 0 Å². The van der Waals surface area contributed by atoms with Crippen LogP contribution in [0, 0.1) is 5.41 Å². The van der Waals surface area contributed by atoms with Crippen molar-refractivity contribution in [1.29, 1.82) is 0 Å². The zero-order valence-corrected chi connectivity index (χ0v) is 9.36. The van der Waals surface area contributed by atoms with E-state index in [2.05, 4.69) is 10.6 Å². The number of hydrogen-bond acceptors (Lipinski definition) is 4. The Morgan fingerprint density at radius 2 is 2.33 bits per heavy atom. The smallest absolute Gasteiger partial charge is 0.315 e. The first-order valence-corrected chi connectivity index (χ1v) is 4.77. The number of carbonyl (C=O) groups excluding carboxylic acids is 2. The minimum atomic E-state index is -0.663. The van der Waals surface area contributed by atoms with Crippen molar-refractivity contribution in [2.24, 2.45) is 5.41 Å². The first-order chi connectivity index (χ1) is 6.69. The fourth-order valence-electron chi connectivity index (χ4n) is 2.38. The van der Waals surface area contributed by atoms with Gasteiger partial charge in [-0.15, -0.1) is 12.4 Å². The molecule has 1 amide bonds. The Balaban J connectivity index is 0.00000112. The van der Waals surface area contributed by atoms with E-state index in [0.717, 1.165) is 13.0 Å². The summed E-state index contributed by atoms with van der Waals surface area (Å²) < 4.78 is 4.77. The van der Waals surface area contributed by atoms with E-state index in [1.54, 1.807) is 0 Å². The highest BCUT2D eigenvalue weighted by atomic mass is 35.5. The van der Waals surface area contributed by atoms with Crippen molar-refractivity contribution in [1.82, 2.24) is 10.6 Å². The van der Waals surface area contributed by atoms with Crippen molar-refractivity contribution in [3.8, 4) is 0 Å². The average molecular weight is 235 g/mol. The maximum atomic E-state index is 11.7. The van der Waals surface area contributed by atoms with Gasteiger partial charge in [-0.1, -0.05) is 0 Å². The number of nitrogens with one attached hydrogen (secondary N) is 2. The number of esters is 1. The summed E-state index contributed by atoms with van der Waals surface area (Å²) in [4.78, 5) is 22.9. The normalized spacial score (nSPS) is 33.7. The van der Waals surface area contributed by atoms with Gasteiger partial charge in [0.1, 0.15) is 5.41 Å². The molecule has 2 heterocycles. The summed E-state index contributed by atoms with van der Waals surface area (Å²) in [5.74, 6) is -0.336. The Kier molecular flexibility index (Phi) is 3.57. The number of carbonyl (C=O) groups is 2. The molecule has 15 heavy (non-hydrogen) atoms. The predicted molar refractivity (Wildman–Crippen MR) is 55.7 cm³/mol. The van der Waals surface area contributed by atoms with Crippen molar-refractivity contribution in [3.63, 3.8) is 0 Å². The number of hydrogen-bond donors (Lipinski definition) is 2. The van der Waals surface area contributed by atoms with Crippen LogP contribution in [0.15, 0.2) is 0 Å². The third-order valence-corrected chi connectivity index (χ3v) is 3.12. The summed E-state index contributed by atoms with van der Waals surface area (Å²) in [5.41, 5.74) is -0.663. The Labute approximate surface area is 94.3 Å². The van der Waals surface area contributed by atoms with Gasteiger partial charge in [0.25, 0.3) is 0 Å². The highest BCUT2D eigenvalue weighted by Gasteiger charge is 2.54. The highest BCUT2D eigenvalue weighted by Crippen LogP contribution is 2.36. The van der Waals surface area contributed by atoms with Crippen molar-refractivity contribution in [2.75, 3.05) is 20.2 Å². The van der Waals surface area contributed by atoms with E-state index >= 15 is 0 Å². The van der Waals surface area contributed by atoms with Gasteiger partial charge in [0, 0.05) is 19.0 Å². The number of ether oxygens (including phenoxy) is 1. The summed E-state index contributed by atoms with van der Waals surface area (Å²) in [6.45, 7) is 1.37. The molecule has 2 saturated heterocycles. The van der Waals surface area contributed by atoms with Crippen molar-refractivity contribution >= 4 is 24.3 Å². The molecule has 0 aromatic carbocycles. The van der Waals surface area contributed by atoms with Gasteiger partial charge in [0.05, 0.1) is 7.11 Å². The first-order valence-electron chi connectivity index (χ1n) is 4.77. The lowest BCUT2D eigenvalue weighted by Crippen LogP contribution is -2.54. The maximum absolute atomic E-state index is 11.7. The van der Waals surface area contributed by atoms with Crippen LogP contribution in [-0.2, 0) is 14.3 Å². The van der Waals surface area contributed by atoms with Gasteiger partial charge < -0.3 is 15.4 Å². The lowest BCUT2D eigenvalue weighted by Gasteiger charge is -2.35. The Morgan fingerprint density at radius 3 is 3.00 bits per heavy atom. The van der Waals surface area contributed by atoms with Gasteiger partial charge in [-0.05, 0) is 13.0 Å². The summed E-state index contributed by atoms with van der Waals surface area (Å²) in [6.07, 6.45) is 1.04. The van der Waals surface area contributed by atoms with E-state index in [4.69, 9.17) is 4.74 Å². The van der Waals surface area contributed by atoms with Crippen LogP contribution in [0.4, 0.5) is 0 Å². The second-order valence-corrected chi connectivity index (χ2v) is 3.91. The molecule has 2 fully saturated rings. The topological polar surface area (TPSA) is 67.4 Å². The molecule has 2 aliphatic heterocycles. The fourth-order valence-corrected chi connectivity index (χ4v) is 2.38. The highest BCUT2D eigenvalue weighted by molar-refractivity contribution is 5.91. The van der Waals surface area contributed by atoms with E-state index in [-0.39, 0.29) is 36.7 Å². The van der Waals surface area contributed by atoms with Crippen LogP contribution >= 0.6 is 12.4 Å². The first kappa shape index (κ1) is 12.3. The molecule has 0 aromatic heterocycles. The molecule has 0 radical (unpaired) electrons. The van der Waals surface area contributed by atoms with Crippen molar-refractivity contribution in [3.05, 3.63) is 0 Å². The summed E-state index contributed by atoms with van der Waals surface area (Å²) in [6, 6.07) is -0.0521. The number of halogens is 1. The standard InChI is InChI=1S/C9H14N2O3.ClH/c1-14-8(13)9-4-7(12)11-6(9)2-3-10-5-9;/h6,10H,2-5H2,1H3,(H,11,12);1H/t6-,9-;/m1./s1. The number of rotatable bonds is 1. The van der Waals surface area contributed by atoms with E-state index < -0.39 is 5.41 Å². The van der Waals surface area contributed by atoms with Gasteiger partial charge in [-0.25, -0.2) is 0 Å². The molecule has 2 atom stereocenters. The fraction of sp³-hybridized carbons (Fsp3) is 0.778. The summed E-state index contributed by atoms with van der Waals surface area (Å²) >= 11 is 0. The second-order valence-electron chi connectivity index (χ2n) is 3.91. The van der Waals surface area contributed by atoms with Crippen LogP contribution in [0.25, 0.3) is 0 Å². The van der Waals surface area contributed by atoms with Gasteiger partial charge >= 0.3 is 5.97 Å². The molecule has 0 saturated carbocycles. The second kappa shape index (κ2) is 4.37. The predicted octanol–water partition coefficient (Wildman–Crippen LogP) is -0.551. The minimum Gasteiger partial charge on any atom is -0.468 e. The maximum Gasteiger partial charge on any atom is 0.315 e. The third kappa shape index (κ3) is 1.81. The van der Waals surface area contributed by atoms with Crippen LogP contribution in [0.5, 0.6) is 0 Å². The third-order valence-electron chi connectivity index (χ3n) is 3.12. The zero-order chi connectivity index (χ0) is 10.2. The molecule has 0 aliphatic carbocycles. The molecule has 0 unspecified atom stereocenters. The van der Waals surface area contributed by atoms with Gasteiger partial charge in [-0.3, -0.25) is 9.59 Å². The molecule has 2 rings (SSSR count). The van der Waals surface area contributed by atoms with Crippen LogP contribution in [-0.4, -0.2) is 38.1 Å². The summed E-state index contributed by atoms with van der Waals surface area (Å²) in [7, 11) is 1.37. The molecule has 2 aliphatic rings. The molecule has 0 bridgehead atoms. The monoisotopic (exact) mass is 234 g/mol. The lowest BCUT2D eigenvalue weighted by atomic mass is 9.76. The number of methoxy groups -OCH3 is 1. The number of amides is 1. The molecule has 0 aromatic rings. The molecule has 86 valence electrons.